The second kappa shape index (κ2) is 11.3. The lowest BCUT2D eigenvalue weighted by Crippen LogP contribution is -2.48. The molecule has 3 heterocycles. The average molecular weight is 561 g/mol. The Morgan fingerprint density at radius 1 is 1.05 bits per heavy atom. The minimum absolute atomic E-state index is 0.0635. The fraction of sp³-hybridized carbons (Fsp3) is 0.417. The van der Waals surface area contributed by atoms with Crippen LogP contribution < -0.4 is 10.2 Å². The molecule has 1 N–H and O–H groups in total. The first-order valence-electron chi connectivity index (χ1n) is 12.3. The number of fused-ring (bicyclic) bond motifs is 1. The molecule has 0 unspecified atom stereocenters. The number of aromatic nitrogens is 1. The largest absolute Gasteiger partial charge is 0.379 e. The van der Waals surface area contributed by atoms with Crippen molar-refractivity contribution in [3.63, 3.8) is 0 Å². The van der Waals surface area contributed by atoms with E-state index in [2.05, 4.69) is 20.1 Å². The minimum atomic E-state index is -3.59. The third kappa shape index (κ3) is 5.78. The molecule has 5 rings (SSSR count). The van der Waals surface area contributed by atoms with Crippen LogP contribution in [0.3, 0.4) is 0 Å². The summed E-state index contributed by atoms with van der Waals surface area (Å²) in [4.78, 5) is 32.4. The lowest BCUT2D eigenvalue weighted by Gasteiger charge is -2.34. The highest BCUT2D eigenvalue weighted by molar-refractivity contribution is 7.89. The second-order valence-corrected chi connectivity index (χ2v) is 12.0. The van der Waals surface area contributed by atoms with Crippen LogP contribution in [-0.4, -0.2) is 99.0 Å². The monoisotopic (exact) mass is 560 g/mol. The van der Waals surface area contributed by atoms with Crippen LogP contribution in [0.1, 0.15) is 10.4 Å². The van der Waals surface area contributed by atoms with Crippen LogP contribution in [0.15, 0.2) is 47.4 Å². The van der Waals surface area contributed by atoms with Crippen LogP contribution in [0, 0.1) is 10.1 Å². The number of amides is 1. The first kappa shape index (κ1) is 26.4. The van der Waals surface area contributed by atoms with Crippen molar-refractivity contribution in [3.05, 3.63) is 58.1 Å². The van der Waals surface area contributed by atoms with E-state index in [1.54, 1.807) is 12.1 Å². The van der Waals surface area contributed by atoms with Crippen LogP contribution in [0.25, 0.3) is 10.2 Å². The summed E-state index contributed by atoms with van der Waals surface area (Å²) in [5.41, 5.74) is 1.23. The van der Waals surface area contributed by atoms with Crippen molar-refractivity contribution in [3.8, 4) is 0 Å². The van der Waals surface area contributed by atoms with Crippen molar-refractivity contribution in [1.82, 2.24) is 19.5 Å². The van der Waals surface area contributed by atoms with E-state index in [1.165, 1.54) is 46.0 Å². The van der Waals surface area contributed by atoms with E-state index in [0.29, 0.717) is 45.0 Å². The third-order valence-electron chi connectivity index (χ3n) is 6.65. The number of benzene rings is 2. The fourth-order valence-electron chi connectivity index (χ4n) is 4.46. The van der Waals surface area contributed by atoms with Gasteiger partial charge in [-0.1, -0.05) is 11.3 Å². The molecule has 0 radical (unpaired) electrons. The highest BCUT2D eigenvalue weighted by Gasteiger charge is 2.26. The van der Waals surface area contributed by atoms with Gasteiger partial charge in [-0.3, -0.25) is 19.8 Å². The number of morpholine rings is 1. The van der Waals surface area contributed by atoms with Gasteiger partial charge in [-0.2, -0.15) is 4.31 Å². The van der Waals surface area contributed by atoms with Crippen molar-refractivity contribution in [2.45, 2.75) is 4.90 Å². The number of thiazole rings is 1. The van der Waals surface area contributed by atoms with Gasteiger partial charge in [0.15, 0.2) is 5.13 Å². The van der Waals surface area contributed by atoms with Gasteiger partial charge < -0.3 is 15.0 Å². The number of piperazine rings is 1. The van der Waals surface area contributed by atoms with Gasteiger partial charge in [0.1, 0.15) is 0 Å². The molecule has 1 aromatic heterocycles. The summed E-state index contributed by atoms with van der Waals surface area (Å²) in [7, 11) is -3.59. The third-order valence-corrected chi connectivity index (χ3v) is 9.64. The summed E-state index contributed by atoms with van der Waals surface area (Å²) in [6, 6.07) is 10.7. The van der Waals surface area contributed by atoms with Crippen molar-refractivity contribution in [1.29, 1.82) is 0 Å². The molecule has 2 saturated heterocycles. The van der Waals surface area contributed by atoms with E-state index in [0.717, 1.165) is 41.5 Å². The van der Waals surface area contributed by atoms with Gasteiger partial charge in [0.25, 0.3) is 11.6 Å². The van der Waals surface area contributed by atoms with Crippen LogP contribution in [-0.2, 0) is 14.8 Å². The standard InChI is InChI=1S/C24H28N6O6S2/c31-23(18-1-4-20(5-2-18)38(34,35)29-13-15-36-16-14-29)25-7-8-27-9-11-28(12-10-27)24-26-21-6-3-19(30(32)33)17-22(21)37-24/h1-6,17H,7-16H2,(H,25,31). The summed E-state index contributed by atoms with van der Waals surface area (Å²) < 4.78 is 32.9. The van der Waals surface area contributed by atoms with E-state index >= 15 is 0 Å². The van der Waals surface area contributed by atoms with E-state index < -0.39 is 14.9 Å². The zero-order chi connectivity index (χ0) is 26.7. The van der Waals surface area contributed by atoms with Crippen LogP contribution in [0.4, 0.5) is 10.8 Å². The van der Waals surface area contributed by atoms with E-state index in [-0.39, 0.29) is 16.5 Å². The van der Waals surface area contributed by atoms with Crippen LogP contribution >= 0.6 is 11.3 Å². The molecule has 3 aromatic rings. The Hall–Kier alpha value is -3.17. The number of nitro groups is 1. The lowest BCUT2D eigenvalue weighted by molar-refractivity contribution is -0.384. The molecule has 1 amide bonds. The van der Waals surface area contributed by atoms with Crippen LogP contribution in [0.2, 0.25) is 0 Å². The Balaban J connectivity index is 1.08. The van der Waals surface area contributed by atoms with E-state index in [9.17, 15) is 23.3 Å². The Morgan fingerprint density at radius 2 is 1.76 bits per heavy atom. The quantitative estimate of drug-likeness (QED) is 0.323. The molecular weight excluding hydrogens is 532 g/mol. The maximum absolute atomic E-state index is 12.7. The number of rotatable bonds is 8. The van der Waals surface area contributed by atoms with Crippen molar-refractivity contribution >= 4 is 48.3 Å². The number of carbonyl (C=O) groups is 1. The van der Waals surface area contributed by atoms with Gasteiger partial charge in [-0.25, -0.2) is 13.4 Å². The van der Waals surface area contributed by atoms with E-state index in [1.807, 2.05) is 0 Å². The number of hydrogen-bond donors (Lipinski definition) is 1. The molecular formula is C24H28N6O6S2. The number of hydrogen-bond acceptors (Lipinski definition) is 10. The van der Waals surface area contributed by atoms with Gasteiger partial charge >= 0.3 is 0 Å². The molecule has 0 spiro atoms. The maximum atomic E-state index is 12.7. The second-order valence-electron chi connectivity index (χ2n) is 9.03. The normalized spacial score (nSPS) is 17.5. The topological polar surface area (TPSA) is 138 Å². The molecule has 0 saturated carbocycles. The lowest BCUT2D eigenvalue weighted by atomic mass is 10.2. The molecule has 2 aromatic carbocycles. The number of nitrogens with one attached hydrogen (secondary N) is 1. The number of nitro benzene ring substituents is 1. The highest BCUT2D eigenvalue weighted by atomic mass is 32.2. The highest BCUT2D eigenvalue weighted by Crippen LogP contribution is 2.31. The molecule has 0 aliphatic carbocycles. The maximum Gasteiger partial charge on any atom is 0.270 e. The van der Waals surface area contributed by atoms with E-state index in [4.69, 9.17) is 4.74 Å². The predicted octanol–water partition coefficient (Wildman–Crippen LogP) is 1.78. The van der Waals surface area contributed by atoms with Gasteiger partial charge in [-0.05, 0) is 30.3 Å². The molecule has 202 valence electrons. The molecule has 38 heavy (non-hydrogen) atoms. The molecule has 0 bridgehead atoms. The van der Waals surface area contributed by atoms with Crippen LogP contribution in [0.5, 0.6) is 0 Å². The fourth-order valence-corrected chi connectivity index (χ4v) is 6.91. The van der Waals surface area contributed by atoms with Crippen molar-refractivity contribution < 1.29 is 22.9 Å². The summed E-state index contributed by atoms with van der Waals surface area (Å²) in [5, 5.41) is 14.8. The Labute approximate surface area is 224 Å². The number of anilines is 1. The van der Waals surface area contributed by atoms with Gasteiger partial charge in [0, 0.05) is 70.1 Å². The summed E-state index contributed by atoms with van der Waals surface area (Å²) in [6.45, 7) is 5.72. The van der Waals surface area contributed by atoms with Crippen molar-refractivity contribution in [2.75, 3.05) is 70.5 Å². The van der Waals surface area contributed by atoms with Gasteiger partial charge in [0.2, 0.25) is 10.0 Å². The Morgan fingerprint density at radius 3 is 2.45 bits per heavy atom. The molecule has 0 atom stereocenters. The van der Waals surface area contributed by atoms with Gasteiger partial charge in [-0.15, -0.1) is 0 Å². The smallest absolute Gasteiger partial charge is 0.270 e. The number of sulfonamides is 1. The molecule has 12 nitrogen and oxygen atoms in total. The molecule has 2 fully saturated rings. The van der Waals surface area contributed by atoms with Gasteiger partial charge in [0.05, 0.1) is 33.2 Å². The summed E-state index contributed by atoms with van der Waals surface area (Å²) in [6.07, 6.45) is 0. The number of nitrogens with zero attached hydrogens (tertiary/aromatic N) is 5. The SMILES string of the molecule is O=C(NCCN1CCN(c2nc3ccc([N+](=O)[O-])cc3s2)CC1)c1ccc(S(=O)(=O)N2CCOCC2)cc1. The zero-order valence-corrected chi connectivity index (χ0v) is 22.2. The average Bonchev–Trinajstić information content (AvgIpc) is 3.37. The summed E-state index contributed by atoms with van der Waals surface area (Å²) >= 11 is 1.46. The first-order valence-corrected chi connectivity index (χ1v) is 14.6. The summed E-state index contributed by atoms with van der Waals surface area (Å²) in [5.74, 6) is -0.248. The predicted molar refractivity (Wildman–Crippen MR) is 143 cm³/mol. The molecule has 2 aliphatic heterocycles. The number of non-ortho nitro benzene ring substituents is 1. The number of carbonyl (C=O) groups excluding carboxylic acids is 1. The Bertz CT molecular complexity index is 1410. The Kier molecular flexibility index (Phi) is 7.85. The zero-order valence-electron chi connectivity index (χ0n) is 20.6. The number of ether oxygens (including phenoxy) is 1. The molecule has 2 aliphatic rings. The molecule has 14 heteroatoms. The van der Waals surface area contributed by atoms with Crippen molar-refractivity contribution in [2.24, 2.45) is 0 Å². The first-order chi connectivity index (χ1) is 18.3. The minimum Gasteiger partial charge on any atom is -0.379 e.